The SMILES string of the molecule is CCCCN(C(=O)c1csc(-c2ccc(F)cc2)n1)C1CCS(=O)(=O)C1. The Morgan fingerprint density at radius 2 is 2.08 bits per heavy atom. The van der Waals surface area contributed by atoms with Gasteiger partial charge in [0, 0.05) is 23.5 Å². The van der Waals surface area contributed by atoms with Gasteiger partial charge in [0.15, 0.2) is 9.84 Å². The van der Waals surface area contributed by atoms with Gasteiger partial charge in [-0.3, -0.25) is 4.79 Å². The molecule has 2 heterocycles. The van der Waals surface area contributed by atoms with Crippen LogP contribution in [0.15, 0.2) is 29.6 Å². The third kappa shape index (κ3) is 4.29. The van der Waals surface area contributed by atoms with E-state index in [9.17, 15) is 17.6 Å². The second-order valence-corrected chi connectivity index (χ2v) is 9.54. The maximum absolute atomic E-state index is 13.1. The number of carbonyl (C=O) groups excluding carboxylic acids is 1. The Hall–Kier alpha value is -1.80. The zero-order valence-electron chi connectivity index (χ0n) is 14.5. The van der Waals surface area contributed by atoms with Crippen LogP contribution in [-0.2, 0) is 9.84 Å². The van der Waals surface area contributed by atoms with Crippen LogP contribution in [0.5, 0.6) is 0 Å². The fourth-order valence-corrected chi connectivity index (χ4v) is 5.57. The van der Waals surface area contributed by atoms with Crippen molar-refractivity contribution >= 4 is 27.1 Å². The molecule has 1 unspecified atom stereocenters. The number of amides is 1. The van der Waals surface area contributed by atoms with E-state index in [2.05, 4.69) is 4.98 Å². The quantitative estimate of drug-likeness (QED) is 0.751. The molecule has 1 aromatic heterocycles. The Morgan fingerprint density at radius 1 is 1.35 bits per heavy atom. The summed E-state index contributed by atoms with van der Waals surface area (Å²) in [6.07, 6.45) is 2.21. The zero-order valence-corrected chi connectivity index (χ0v) is 16.2. The van der Waals surface area contributed by atoms with Crippen molar-refractivity contribution in [3.8, 4) is 10.6 Å². The third-order valence-electron chi connectivity index (χ3n) is 4.48. The van der Waals surface area contributed by atoms with Gasteiger partial charge >= 0.3 is 0 Å². The fraction of sp³-hybridized carbons (Fsp3) is 0.444. The first-order chi connectivity index (χ1) is 12.4. The number of hydrogen-bond acceptors (Lipinski definition) is 5. The molecular weight excluding hydrogens is 375 g/mol. The molecule has 1 aliphatic heterocycles. The highest BCUT2D eigenvalue weighted by Crippen LogP contribution is 2.26. The molecule has 1 saturated heterocycles. The van der Waals surface area contributed by atoms with Gasteiger partial charge in [-0.1, -0.05) is 13.3 Å². The molecule has 5 nitrogen and oxygen atoms in total. The molecule has 0 radical (unpaired) electrons. The molecule has 0 aliphatic carbocycles. The predicted molar refractivity (Wildman–Crippen MR) is 101 cm³/mol. The van der Waals surface area contributed by atoms with Crippen molar-refractivity contribution in [1.82, 2.24) is 9.88 Å². The van der Waals surface area contributed by atoms with E-state index in [0.717, 1.165) is 18.4 Å². The number of unbranched alkanes of at least 4 members (excludes halogenated alkanes) is 1. The lowest BCUT2D eigenvalue weighted by molar-refractivity contribution is 0.0689. The normalized spacial score (nSPS) is 18.8. The molecule has 140 valence electrons. The number of sulfone groups is 1. The molecule has 1 atom stereocenters. The van der Waals surface area contributed by atoms with Gasteiger partial charge in [0.2, 0.25) is 0 Å². The highest BCUT2D eigenvalue weighted by atomic mass is 32.2. The first kappa shape index (κ1) is 19.0. The predicted octanol–water partition coefficient (Wildman–Crippen LogP) is 3.38. The number of halogens is 1. The lowest BCUT2D eigenvalue weighted by Gasteiger charge is -2.27. The summed E-state index contributed by atoms with van der Waals surface area (Å²) in [5.74, 6) is -0.400. The van der Waals surface area contributed by atoms with Crippen LogP contribution in [0.4, 0.5) is 4.39 Å². The average molecular weight is 397 g/mol. The third-order valence-corrected chi connectivity index (χ3v) is 7.12. The summed E-state index contributed by atoms with van der Waals surface area (Å²) in [7, 11) is -3.07. The van der Waals surface area contributed by atoms with E-state index in [1.165, 1.54) is 23.5 Å². The smallest absolute Gasteiger partial charge is 0.273 e. The molecular formula is C18H21FN2O3S2. The largest absolute Gasteiger partial charge is 0.333 e. The molecule has 1 aromatic carbocycles. The molecule has 0 N–H and O–H groups in total. The van der Waals surface area contributed by atoms with Crippen LogP contribution < -0.4 is 0 Å². The molecule has 3 rings (SSSR count). The first-order valence-electron chi connectivity index (χ1n) is 8.62. The summed E-state index contributed by atoms with van der Waals surface area (Å²) in [6.45, 7) is 2.56. The topological polar surface area (TPSA) is 67.3 Å². The number of carbonyl (C=O) groups is 1. The number of thiazole rings is 1. The molecule has 2 aromatic rings. The molecule has 1 aliphatic rings. The Balaban J connectivity index is 1.81. The minimum absolute atomic E-state index is 0.0252. The van der Waals surface area contributed by atoms with Crippen molar-refractivity contribution in [2.24, 2.45) is 0 Å². The monoisotopic (exact) mass is 396 g/mol. The molecule has 0 saturated carbocycles. The van der Waals surface area contributed by atoms with E-state index < -0.39 is 9.84 Å². The van der Waals surface area contributed by atoms with Gasteiger partial charge in [-0.25, -0.2) is 17.8 Å². The van der Waals surface area contributed by atoms with Crippen molar-refractivity contribution in [2.45, 2.75) is 32.2 Å². The second kappa shape index (κ2) is 7.84. The maximum Gasteiger partial charge on any atom is 0.273 e. The van der Waals surface area contributed by atoms with Crippen molar-refractivity contribution in [1.29, 1.82) is 0 Å². The van der Waals surface area contributed by atoms with E-state index in [1.807, 2.05) is 6.92 Å². The number of benzene rings is 1. The number of hydrogen-bond donors (Lipinski definition) is 0. The van der Waals surface area contributed by atoms with Crippen LogP contribution >= 0.6 is 11.3 Å². The maximum atomic E-state index is 13.1. The lowest BCUT2D eigenvalue weighted by Crippen LogP contribution is -2.42. The van der Waals surface area contributed by atoms with Gasteiger partial charge < -0.3 is 4.90 Å². The van der Waals surface area contributed by atoms with Crippen LogP contribution in [0.1, 0.15) is 36.7 Å². The zero-order chi connectivity index (χ0) is 18.7. The van der Waals surface area contributed by atoms with Gasteiger partial charge in [-0.15, -0.1) is 11.3 Å². The summed E-state index contributed by atoms with van der Waals surface area (Å²) >= 11 is 1.32. The van der Waals surface area contributed by atoms with E-state index >= 15 is 0 Å². The van der Waals surface area contributed by atoms with Crippen molar-refractivity contribution in [3.05, 3.63) is 41.2 Å². The molecule has 0 spiro atoms. The summed E-state index contributed by atoms with van der Waals surface area (Å²) in [6, 6.07) is 5.68. The molecule has 0 bridgehead atoms. The fourth-order valence-electron chi connectivity index (χ4n) is 3.04. The Morgan fingerprint density at radius 3 is 2.69 bits per heavy atom. The summed E-state index contributed by atoms with van der Waals surface area (Å²) in [4.78, 5) is 19.0. The van der Waals surface area contributed by atoms with E-state index in [-0.39, 0.29) is 29.3 Å². The Bertz CT molecular complexity index is 878. The minimum Gasteiger partial charge on any atom is -0.333 e. The van der Waals surface area contributed by atoms with Crippen LogP contribution in [0.3, 0.4) is 0 Å². The van der Waals surface area contributed by atoms with Crippen LogP contribution in [-0.4, -0.2) is 48.3 Å². The molecule has 1 amide bonds. The standard InChI is InChI=1S/C18H21FN2O3S2/c1-2-3-9-21(15-8-10-26(23,24)12-15)18(22)16-11-25-17(20-16)13-4-6-14(19)7-5-13/h4-7,11,15H,2-3,8-10,12H2,1H3. The summed E-state index contributed by atoms with van der Waals surface area (Å²) in [5, 5.41) is 2.33. The number of nitrogens with zero attached hydrogens (tertiary/aromatic N) is 2. The van der Waals surface area contributed by atoms with Gasteiger partial charge in [-0.2, -0.15) is 0 Å². The Kier molecular flexibility index (Phi) is 5.72. The van der Waals surface area contributed by atoms with Crippen LogP contribution in [0.25, 0.3) is 10.6 Å². The van der Waals surface area contributed by atoms with Crippen molar-refractivity contribution in [2.75, 3.05) is 18.1 Å². The molecule has 8 heteroatoms. The molecule has 26 heavy (non-hydrogen) atoms. The van der Waals surface area contributed by atoms with E-state index in [1.54, 1.807) is 22.4 Å². The van der Waals surface area contributed by atoms with Crippen molar-refractivity contribution < 1.29 is 17.6 Å². The van der Waals surface area contributed by atoms with Gasteiger partial charge in [0.05, 0.1) is 11.5 Å². The average Bonchev–Trinajstić information content (AvgIpc) is 3.23. The highest BCUT2D eigenvalue weighted by molar-refractivity contribution is 7.91. The number of rotatable bonds is 6. The Labute approximate surface area is 156 Å². The summed E-state index contributed by atoms with van der Waals surface area (Å²) in [5.41, 5.74) is 1.06. The molecule has 1 fully saturated rings. The van der Waals surface area contributed by atoms with Gasteiger partial charge in [0.25, 0.3) is 5.91 Å². The van der Waals surface area contributed by atoms with Crippen molar-refractivity contribution in [3.63, 3.8) is 0 Å². The number of aromatic nitrogens is 1. The van der Waals surface area contributed by atoms with Gasteiger partial charge in [-0.05, 0) is 37.1 Å². The lowest BCUT2D eigenvalue weighted by atomic mass is 10.2. The summed E-state index contributed by atoms with van der Waals surface area (Å²) < 4.78 is 36.7. The van der Waals surface area contributed by atoms with E-state index in [4.69, 9.17) is 0 Å². The van der Waals surface area contributed by atoms with Crippen LogP contribution in [0.2, 0.25) is 0 Å². The van der Waals surface area contributed by atoms with E-state index in [0.29, 0.717) is 23.7 Å². The minimum atomic E-state index is -3.07. The van der Waals surface area contributed by atoms with Gasteiger partial charge in [0.1, 0.15) is 16.5 Å². The highest BCUT2D eigenvalue weighted by Gasteiger charge is 2.35. The second-order valence-electron chi connectivity index (χ2n) is 6.45. The van der Waals surface area contributed by atoms with Crippen LogP contribution in [0, 0.1) is 5.82 Å². The first-order valence-corrected chi connectivity index (χ1v) is 11.3.